The van der Waals surface area contributed by atoms with Crippen LogP contribution in [0.25, 0.3) is 0 Å². The summed E-state index contributed by atoms with van der Waals surface area (Å²) in [5.41, 5.74) is 3.86. The lowest BCUT2D eigenvalue weighted by Crippen LogP contribution is -2.45. The molecule has 24 heavy (non-hydrogen) atoms. The monoisotopic (exact) mass is 326 g/mol. The van der Waals surface area contributed by atoms with Gasteiger partial charge in [-0.2, -0.15) is 0 Å². The number of carbonyl (C=O) groups excluding carboxylic acids is 2. The molecule has 2 aromatic rings. The predicted molar refractivity (Wildman–Crippen MR) is 94.0 cm³/mol. The van der Waals surface area contributed by atoms with Gasteiger partial charge in [0.2, 0.25) is 0 Å². The van der Waals surface area contributed by atoms with Gasteiger partial charge in [-0.15, -0.1) is 0 Å². The molecule has 0 aromatic heterocycles. The van der Waals surface area contributed by atoms with Crippen LogP contribution in [-0.2, 0) is 16.0 Å². The molecule has 1 atom stereocenters. The van der Waals surface area contributed by atoms with E-state index in [-0.39, 0.29) is 0 Å². The van der Waals surface area contributed by atoms with Crippen LogP contribution in [0.5, 0.6) is 0 Å². The molecule has 0 spiro atoms. The molecule has 5 heteroatoms. The number of ether oxygens (including phenoxy) is 1. The number of nitrogens with one attached hydrogen (secondary N) is 2. The van der Waals surface area contributed by atoms with Crippen molar-refractivity contribution in [2.75, 3.05) is 12.4 Å². The fraction of sp³-hybridized carbons (Fsp3) is 0.263. The summed E-state index contributed by atoms with van der Waals surface area (Å²) in [7, 11) is 1.31. The van der Waals surface area contributed by atoms with Gasteiger partial charge in [0, 0.05) is 12.1 Å². The minimum Gasteiger partial charge on any atom is -0.467 e. The normalized spacial score (nSPS) is 11.5. The topological polar surface area (TPSA) is 67.4 Å². The average Bonchev–Trinajstić information content (AvgIpc) is 2.58. The summed E-state index contributed by atoms with van der Waals surface area (Å²) in [6, 6.07) is 13.9. The van der Waals surface area contributed by atoms with E-state index in [1.165, 1.54) is 7.11 Å². The molecule has 0 saturated carbocycles. The zero-order valence-electron chi connectivity index (χ0n) is 14.1. The van der Waals surface area contributed by atoms with Crippen molar-refractivity contribution in [1.29, 1.82) is 0 Å². The molecule has 0 heterocycles. The van der Waals surface area contributed by atoms with E-state index in [9.17, 15) is 9.59 Å². The van der Waals surface area contributed by atoms with Gasteiger partial charge in [0.15, 0.2) is 0 Å². The van der Waals surface area contributed by atoms with Crippen LogP contribution in [0.1, 0.15) is 16.7 Å². The van der Waals surface area contributed by atoms with Crippen molar-refractivity contribution in [3.8, 4) is 0 Å². The predicted octanol–water partition coefficient (Wildman–Crippen LogP) is 3.21. The lowest BCUT2D eigenvalue weighted by molar-refractivity contribution is -0.142. The molecular weight excluding hydrogens is 304 g/mol. The number of esters is 1. The molecule has 0 bridgehead atoms. The second-order valence-electron chi connectivity index (χ2n) is 5.66. The van der Waals surface area contributed by atoms with Gasteiger partial charge in [0.25, 0.3) is 0 Å². The third-order valence-corrected chi connectivity index (χ3v) is 3.84. The van der Waals surface area contributed by atoms with E-state index in [2.05, 4.69) is 10.6 Å². The summed E-state index contributed by atoms with van der Waals surface area (Å²) in [6.07, 6.45) is 0.369. The second-order valence-corrected chi connectivity index (χ2v) is 5.66. The van der Waals surface area contributed by atoms with Crippen molar-refractivity contribution >= 4 is 17.7 Å². The first-order valence-corrected chi connectivity index (χ1v) is 7.76. The van der Waals surface area contributed by atoms with E-state index in [4.69, 9.17) is 4.74 Å². The molecule has 0 fully saturated rings. The van der Waals surface area contributed by atoms with Crippen LogP contribution >= 0.6 is 0 Å². The average molecular weight is 326 g/mol. The van der Waals surface area contributed by atoms with E-state index < -0.39 is 18.0 Å². The Hall–Kier alpha value is -2.82. The number of hydrogen-bond acceptors (Lipinski definition) is 3. The van der Waals surface area contributed by atoms with Gasteiger partial charge in [-0.3, -0.25) is 0 Å². The van der Waals surface area contributed by atoms with Crippen LogP contribution < -0.4 is 10.6 Å². The number of urea groups is 1. The zero-order chi connectivity index (χ0) is 17.5. The van der Waals surface area contributed by atoms with Crippen LogP contribution in [-0.4, -0.2) is 25.2 Å². The maximum Gasteiger partial charge on any atom is 0.328 e. The number of methoxy groups -OCH3 is 1. The van der Waals surface area contributed by atoms with Gasteiger partial charge in [0.05, 0.1) is 7.11 Å². The van der Waals surface area contributed by atoms with Crippen LogP contribution in [0.4, 0.5) is 10.5 Å². The van der Waals surface area contributed by atoms with Crippen molar-refractivity contribution in [2.24, 2.45) is 0 Å². The van der Waals surface area contributed by atoms with E-state index >= 15 is 0 Å². The molecule has 5 nitrogen and oxygen atoms in total. The smallest absolute Gasteiger partial charge is 0.328 e. The van der Waals surface area contributed by atoms with Gasteiger partial charge >= 0.3 is 12.0 Å². The molecule has 0 saturated heterocycles. The largest absolute Gasteiger partial charge is 0.467 e. The minimum absolute atomic E-state index is 0.369. The first-order valence-electron chi connectivity index (χ1n) is 7.76. The third kappa shape index (κ3) is 4.84. The van der Waals surface area contributed by atoms with Crippen molar-refractivity contribution in [3.63, 3.8) is 0 Å². The van der Waals surface area contributed by atoms with Gasteiger partial charge in [-0.05, 0) is 42.7 Å². The molecular formula is C19H22N2O3. The zero-order valence-corrected chi connectivity index (χ0v) is 14.1. The van der Waals surface area contributed by atoms with E-state index in [0.29, 0.717) is 12.1 Å². The number of anilines is 1. The molecule has 0 aliphatic carbocycles. The summed E-state index contributed by atoms with van der Waals surface area (Å²) in [4.78, 5) is 24.1. The highest BCUT2D eigenvalue weighted by atomic mass is 16.5. The number of rotatable bonds is 5. The Morgan fingerprint density at radius 1 is 1.04 bits per heavy atom. The molecule has 1 unspecified atom stereocenters. The summed E-state index contributed by atoms with van der Waals surface area (Å²) in [5.74, 6) is -0.478. The molecule has 2 rings (SSSR count). The Morgan fingerprint density at radius 2 is 1.75 bits per heavy atom. The Balaban J connectivity index is 2.03. The van der Waals surface area contributed by atoms with E-state index in [1.807, 2.05) is 62.4 Å². The first kappa shape index (κ1) is 17.5. The van der Waals surface area contributed by atoms with Gasteiger partial charge in [-0.25, -0.2) is 9.59 Å². The van der Waals surface area contributed by atoms with Gasteiger partial charge in [0.1, 0.15) is 6.04 Å². The Morgan fingerprint density at radius 3 is 2.38 bits per heavy atom. The molecule has 2 aromatic carbocycles. The molecule has 0 aliphatic rings. The Kier molecular flexibility index (Phi) is 5.95. The minimum atomic E-state index is -0.746. The molecule has 0 aliphatic heterocycles. The molecule has 0 radical (unpaired) electrons. The highest BCUT2D eigenvalue weighted by molar-refractivity contribution is 5.92. The van der Waals surface area contributed by atoms with Gasteiger partial charge in [-0.1, -0.05) is 36.4 Å². The maximum atomic E-state index is 12.2. The Bertz CT molecular complexity index is 714. The summed E-state index contributed by atoms with van der Waals surface area (Å²) >= 11 is 0. The number of hydrogen-bond donors (Lipinski definition) is 2. The molecule has 126 valence electrons. The highest BCUT2D eigenvalue weighted by Gasteiger charge is 2.22. The van der Waals surface area contributed by atoms with E-state index in [0.717, 1.165) is 16.7 Å². The van der Waals surface area contributed by atoms with Crippen molar-refractivity contribution < 1.29 is 14.3 Å². The van der Waals surface area contributed by atoms with Crippen LogP contribution in [0.3, 0.4) is 0 Å². The fourth-order valence-electron chi connectivity index (χ4n) is 2.33. The molecule has 2 amide bonds. The standard InChI is InChI=1S/C19H22N2O3/c1-13-9-10-16(11-14(13)2)20-19(23)21-17(18(22)24-3)12-15-7-5-4-6-8-15/h4-11,17H,12H2,1-3H3,(H2,20,21,23). The van der Waals surface area contributed by atoms with E-state index in [1.54, 1.807) is 0 Å². The van der Waals surface area contributed by atoms with Gasteiger partial charge < -0.3 is 15.4 Å². The highest BCUT2D eigenvalue weighted by Crippen LogP contribution is 2.14. The van der Waals surface area contributed by atoms with Crippen LogP contribution in [0.2, 0.25) is 0 Å². The van der Waals surface area contributed by atoms with Crippen LogP contribution in [0, 0.1) is 13.8 Å². The second kappa shape index (κ2) is 8.15. The third-order valence-electron chi connectivity index (χ3n) is 3.84. The first-order chi connectivity index (χ1) is 11.5. The maximum absolute atomic E-state index is 12.2. The summed E-state index contributed by atoms with van der Waals surface area (Å²) < 4.78 is 4.79. The number of carbonyl (C=O) groups is 2. The van der Waals surface area contributed by atoms with Crippen molar-refractivity contribution in [1.82, 2.24) is 5.32 Å². The number of benzene rings is 2. The lowest BCUT2D eigenvalue weighted by Gasteiger charge is -2.17. The summed E-state index contributed by atoms with van der Waals surface area (Å²) in [6.45, 7) is 3.98. The SMILES string of the molecule is COC(=O)C(Cc1ccccc1)NC(=O)Nc1ccc(C)c(C)c1. The van der Waals surface area contributed by atoms with Crippen LogP contribution in [0.15, 0.2) is 48.5 Å². The Labute approximate surface area is 142 Å². The quantitative estimate of drug-likeness (QED) is 0.829. The van der Waals surface area contributed by atoms with Crippen molar-refractivity contribution in [2.45, 2.75) is 26.3 Å². The fourth-order valence-corrected chi connectivity index (χ4v) is 2.33. The number of aryl methyl sites for hydroxylation is 2. The summed E-state index contributed by atoms with van der Waals surface area (Å²) in [5, 5.41) is 5.42. The molecule has 2 N–H and O–H groups in total. The number of amides is 2. The lowest BCUT2D eigenvalue weighted by atomic mass is 10.1. The van der Waals surface area contributed by atoms with Crippen molar-refractivity contribution in [3.05, 3.63) is 65.2 Å².